The van der Waals surface area contributed by atoms with E-state index in [0.717, 1.165) is 19.0 Å². The number of rotatable bonds is 3. The average molecular weight is 331 g/mol. The van der Waals surface area contributed by atoms with Gasteiger partial charge >= 0.3 is 0 Å². The quantitative estimate of drug-likeness (QED) is 0.901. The predicted molar refractivity (Wildman–Crippen MR) is 94.8 cm³/mol. The first-order valence-corrected chi connectivity index (χ1v) is 7.86. The van der Waals surface area contributed by atoms with Crippen molar-refractivity contribution in [2.45, 2.75) is 38.6 Å². The number of hydrogen-bond donors (Lipinski definition) is 1. The highest BCUT2D eigenvalue weighted by molar-refractivity contribution is 5.85. The molecule has 1 aromatic carbocycles. The summed E-state index contributed by atoms with van der Waals surface area (Å²) in [5.41, 5.74) is 2.95. The van der Waals surface area contributed by atoms with Crippen LogP contribution in [-0.2, 0) is 0 Å². The van der Waals surface area contributed by atoms with E-state index in [1.54, 1.807) is 5.56 Å². The standard InChI is InChI=1S/C17H26N2.2ClH/c1-14-5-4-8-16(13-14)17(15-6-2-3-7-15)19-11-9-18-10-12-19;;/h4-5,8,13,15,17-18H,2-3,6-7,9-12H2,1H3;2*1H/t17-;;/m0../s1. The second kappa shape index (κ2) is 8.99. The molecular weight excluding hydrogens is 303 g/mol. The monoisotopic (exact) mass is 330 g/mol. The third-order valence-corrected chi connectivity index (χ3v) is 4.77. The summed E-state index contributed by atoms with van der Waals surface area (Å²) in [7, 11) is 0. The van der Waals surface area contributed by atoms with E-state index >= 15 is 0 Å². The molecule has 2 aliphatic rings. The molecule has 1 N–H and O–H groups in total. The van der Waals surface area contributed by atoms with Gasteiger partial charge in [-0.2, -0.15) is 0 Å². The lowest BCUT2D eigenvalue weighted by Gasteiger charge is -2.38. The number of aryl methyl sites for hydroxylation is 1. The van der Waals surface area contributed by atoms with E-state index in [4.69, 9.17) is 0 Å². The Kier molecular flexibility index (Phi) is 8.04. The molecule has 0 radical (unpaired) electrons. The van der Waals surface area contributed by atoms with Crippen LogP contribution in [0.2, 0.25) is 0 Å². The first-order chi connectivity index (χ1) is 9.34. The van der Waals surface area contributed by atoms with Crippen LogP contribution in [0.3, 0.4) is 0 Å². The Morgan fingerprint density at radius 3 is 2.38 bits per heavy atom. The van der Waals surface area contributed by atoms with Gasteiger partial charge in [-0.05, 0) is 31.2 Å². The van der Waals surface area contributed by atoms with Crippen LogP contribution in [0.15, 0.2) is 24.3 Å². The molecular formula is C17H28Cl2N2. The van der Waals surface area contributed by atoms with Gasteiger partial charge in [0, 0.05) is 32.2 Å². The van der Waals surface area contributed by atoms with Crippen molar-refractivity contribution in [1.29, 1.82) is 0 Å². The van der Waals surface area contributed by atoms with Crippen LogP contribution < -0.4 is 5.32 Å². The maximum absolute atomic E-state index is 3.48. The molecule has 4 heteroatoms. The van der Waals surface area contributed by atoms with Gasteiger partial charge < -0.3 is 5.32 Å². The first-order valence-electron chi connectivity index (χ1n) is 7.86. The summed E-state index contributed by atoms with van der Waals surface area (Å²) in [4.78, 5) is 2.72. The highest BCUT2D eigenvalue weighted by atomic mass is 35.5. The molecule has 21 heavy (non-hydrogen) atoms. The Balaban J connectivity index is 0.00000110. The molecule has 3 rings (SSSR count). The number of piperazine rings is 1. The molecule has 2 nitrogen and oxygen atoms in total. The Bertz CT molecular complexity index is 413. The minimum absolute atomic E-state index is 0. The van der Waals surface area contributed by atoms with Crippen LogP contribution in [0.5, 0.6) is 0 Å². The number of halogens is 2. The van der Waals surface area contributed by atoms with Crippen molar-refractivity contribution in [1.82, 2.24) is 10.2 Å². The summed E-state index contributed by atoms with van der Waals surface area (Å²) < 4.78 is 0. The van der Waals surface area contributed by atoms with Gasteiger partial charge in [0.15, 0.2) is 0 Å². The maximum Gasteiger partial charge on any atom is 0.0377 e. The smallest absolute Gasteiger partial charge is 0.0377 e. The van der Waals surface area contributed by atoms with E-state index in [0.29, 0.717) is 6.04 Å². The van der Waals surface area contributed by atoms with Gasteiger partial charge in [-0.3, -0.25) is 4.90 Å². The fourth-order valence-electron chi connectivity index (χ4n) is 3.87. The molecule has 1 saturated heterocycles. The predicted octanol–water partition coefficient (Wildman–Crippen LogP) is 3.98. The largest absolute Gasteiger partial charge is 0.314 e. The van der Waals surface area contributed by atoms with Gasteiger partial charge in [0.2, 0.25) is 0 Å². The van der Waals surface area contributed by atoms with Crippen molar-refractivity contribution in [3.63, 3.8) is 0 Å². The summed E-state index contributed by atoms with van der Waals surface area (Å²) >= 11 is 0. The first kappa shape index (κ1) is 18.8. The van der Waals surface area contributed by atoms with Crippen LogP contribution in [0.4, 0.5) is 0 Å². The lowest BCUT2D eigenvalue weighted by Crippen LogP contribution is -2.46. The highest BCUT2D eigenvalue weighted by Crippen LogP contribution is 2.39. The Morgan fingerprint density at radius 1 is 1.10 bits per heavy atom. The molecule has 0 unspecified atom stereocenters. The van der Waals surface area contributed by atoms with Crippen LogP contribution in [0, 0.1) is 12.8 Å². The number of nitrogens with zero attached hydrogens (tertiary/aromatic N) is 1. The summed E-state index contributed by atoms with van der Waals surface area (Å²) in [5, 5.41) is 3.48. The van der Waals surface area contributed by atoms with Gasteiger partial charge in [0.25, 0.3) is 0 Å². The number of hydrogen-bond acceptors (Lipinski definition) is 2. The van der Waals surface area contributed by atoms with Crippen molar-refractivity contribution in [3.8, 4) is 0 Å². The van der Waals surface area contributed by atoms with Gasteiger partial charge in [-0.15, -0.1) is 24.8 Å². The van der Waals surface area contributed by atoms with Crippen molar-refractivity contribution in [2.24, 2.45) is 5.92 Å². The fourth-order valence-corrected chi connectivity index (χ4v) is 3.87. The Hall–Kier alpha value is -0.280. The SMILES string of the molecule is Cc1cccc([C@H](C2CCCC2)N2CCNCC2)c1.Cl.Cl. The van der Waals surface area contributed by atoms with Gasteiger partial charge in [-0.1, -0.05) is 42.7 Å². The molecule has 0 bridgehead atoms. The molecule has 120 valence electrons. The summed E-state index contributed by atoms with van der Waals surface area (Å²) in [6, 6.07) is 9.86. The molecule has 0 aromatic heterocycles. The lowest BCUT2D eigenvalue weighted by molar-refractivity contribution is 0.125. The Morgan fingerprint density at radius 2 is 1.76 bits per heavy atom. The third kappa shape index (κ3) is 4.59. The van der Waals surface area contributed by atoms with E-state index < -0.39 is 0 Å². The minimum Gasteiger partial charge on any atom is -0.314 e. The zero-order valence-corrected chi connectivity index (χ0v) is 14.5. The topological polar surface area (TPSA) is 15.3 Å². The van der Waals surface area contributed by atoms with Crippen molar-refractivity contribution in [3.05, 3.63) is 35.4 Å². The third-order valence-electron chi connectivity index (χ3n) is 4.77. The summed E-state index contributed by atoms with van der Waals surface area (Å²) in [6.45, 7) is 6.92. The maximum atomic E-state index is 3.48. The average Bonchev–Trinajstić information content (AvgIpc) is 2.94. The summed E-state index contributed by atoms with van der Waals surface area (Å²) in [6.07, 6.45) is 5.70. The van der Waals surface area contributed by atoms with E-state index in [1.165, 1.54) is 44.3 Å². The second-order valence-corrected chi connectivity index (χ2v) is 6.19. The highest BCUT2D eigenvalue weighted by Gasteiger charge is 2.31. The minimum atomic E-state index is 0. The zero-order valence-electron chi connectivity index (χ0n) is 12.9. The molecule has 1 aliphatic heterocycles. The normalized spacial score (nSPS) is 21.4. The van der Waals surface area contributed by atoms with Crippen LogP contribution in [0.25, 0.3) is 0 Å². The van der Waals surface area contributed by atoms with Crippen molar-refractivity contribution in [2.75, 3.05) is 26.2 Å². The zero-order chi connectivity index (χ0) is 13.1. The van der Waals surface area contributed by atoms with Gasteiger partial charge in [0.05, 0.1) is 0 Å². The van der Waals surface area contributed by atoms with Gasteiger partial charge in [-0.25, -0.2) is 0 Å². The Labute approximate surface area is 141 Å². The number of nitrogens with one attached hydrogen (secondary N) is 1. The molecule has 1 saturated carbocycles. The van der Waals surface area contributed by atoms with Crippen molar-refractivity contribution < 1.29 is 0 Å². The fraction of sp³-hybridized carbons (Fsp3) is 0.647. The molecule has 0 amide bonds. The van der Waals surface area contributed by atoms with E-state index in [2.05, 4.69) is 41.4 Å². The number of benzene rings is 1. The van der Waals surface area contributed by atoms with Crippen LogP contribution in [0.1, 0.15) is 42.9 Å². The van der Waals surface area contributed by atoms with Crippen molar-refractivity contribution >= 4 is 24.8 Å². The van der Waals surface area contributed by atoms with Crippen LogP contribution in [-0.4, -0.2) is 31.1 Å². The van der Waals surface area contributed by atoms with E-state index in [1.807, 2.05) is 0 Å². The summed E-state index contributed by atoms with van der Waals surface area (Å²) in [5.74, 6) is 0.875. The molecule has 1 heterocycles. The molecule has 0 spiro atoms. The lowest BCUT2D eigenvalue weighted by atomic mass is 9.89. The second-order valence-electron chi connectivity index (χ2n) is 6.19. The molecule has 1 atom stereocenters. The molecule has 1 aromatic rings. The molecule has 1 aliphatic carbocycles. The van der Waals surface area contributed by atoms with Crippen LogP contribution >= 0.6 is 24.8 Å². The van der Waals surface area contributed by atoms with Gasteiger partial charge in [0.1, 0.15) is 0 Å². The van der Waals surface area contributed by atoms with E-state index in [9.17, 15) is 0 Å². The molecule has 2 fully saturated rings. The van der Waals surface area contributed by atoms with E-state index in [-0.39, 0.29) is 24.8 Å².